The van der Waals surface area contributed by atoms with Crippen molar-refractivity contribution < 1.29 is 14.9 Å². The summed E-state index contributed by atoms with van der Waals surface area (Å²) in [5, 5.41) is 10.8. The molecule has 3 atom stereocenters. The van der Waals surface area contributed by atoms with Crippen LogP contribution in [0.15, 0.2) is 35.6 Å². The van der Waals surface area contributed by atoms with Crippen LogP contribution in [0.1, 0.15) is 147 Å². The number of aromatic amines is 1. The van der Waals surface area contributed by atoms with Crippen molar-refractivity contribution in [1.82, 2.24) is 19.5 Å². The maximum atomic E-state index is 12.2. The van der Waals surface area contributed by atoms with Crippen molar-refractivity contribution in [3.63, 3.8) is 0 Å². The molecule has 43 heavy (non-hydrogen) atoms. The summed E-state index contributed by atoms with van der Waals surface area (Å²) >= 11 is 0. The monoisotopic (exact) mass is 598 g/mol. The molecule has 0 aromatic carbocycles. The highest BCUT2D eigenvalue weighted by molar-refractivity contribution is 5.69. The molecule has 1 saturated carbocycles. The topological polar surface area (TPSA) is 102 Å². The van der Waals surface area contributed by atoms with Gasteiger partial charge in [-0.2, -0.15) is 4.89 Å². The third-order valence-electron chi connectivity index (χ3n) is 8.95. The average molecular weight is 599 g/mol. The van der Waals surface area contributed by atoms with E-state index < -0.39 is 6.10 Å². The maximum absolute atomic E-state index is 12.2. The molecule has 0 bridgehead atoms. The van der Waals surface area contributed by atoms with Gasteiger partial charge in [-0.15, -0.1) is 0 Å². The summed E-state index contributed by atoms with van der Waals surface area (Å²) in [6.45, 7) is 13.0. The second kappa shape index (κ2) is 19.8. The Morgan fingerprint density at radius 1 is 0.977 bits per heavy atom. The van der Waals surface area contributed by atoms with E-state index in [1.165, 1.54) is 89.9 Å². The summed E-state index contributed by atoms with van der Waals surface area (Å²) in [6.07, 6.45) is 24.9. The molecule has 0 saturated heterocycles. The van der Waals surface area contributed by atoms with Crippen LogP contribution in [0, 0.1) is 12.8 Å². The SMILES string of the molecule is C=C(CCCCCCCCCCC[C@H]1C(=C)[C@@H](n2cnc3c(=O)[nH]c(C)nc32)C[C@@H]1O)OOCCCCCCCCCC. The van der Waals surface area contributed by atoms with E-state index in [2.05, 4.69) is 35.0 Å². The van der Waals surface area contributed by atoms with Gasteiger partial charge in [-0.1, -0.05) is 116 Å². The van der Waals surface area contributed by atoms with Crippen molar-refractivity contribution in [3.05, 3.63) is 47.0 Å². The first-order valence-electron chi connectivity index (χ1n) is 17.2. The number of fused-ring (bicyclic) bond motifs is 1. The van der Waals surface area contributed by atoms with Gasteiger partial charge in [0.15, 0.2) is 11.2 Å². The van der Waals surface area contributed by atoms with Gasteiger partial charge in [0, 0.05) is 12.3 Å². The normalized spacial score (nSPS) is 18.6. The van der Waals surface area contributed by atoms with Gasteiger partial charge in [0.25, 0.3) is 5.56 Å². The molecule has 2 N–H and O–H groups in total. The number of aromatic nitrogens is 4. The summed E-state index contributed by atoms with van der Waals surface area (Å²) in [5.41, 5.74) is 1.70. The molecule has 0 spiro atoms. The van der Waals surface area contributed by atoms with Crippen molar-refractivity contribution >= 4 is 11.2 Å². The predicted molar refractivity (Wildman–Crippen MR) is 175 cm³/mol. The van der Waals surface area contributed by atoms with Crippen LogP contribution in [0.2, 0.25) is 0 Å². The van der Waals surface area contributed by atoms with Gasteiger partial charge in [0.2, 0.25) is 0 Å². The van der Waals surface area contributed by atoms with Crippen LogP contribution in [0.5, 0.6) is 0 Å². The molecule has 1 aliphatic rings. The van der Waals surface area contributed by atoms with E-state index in [4.69, 9.17) is 9.78 Å². The molecule has 1 fully saturated rings. The molecule has 0 unspecified atom stereocenters. The van der Waals surface area contributed by atoms with Gasteiger partial charge in [-0.25, -0.2) is 9.97 Å². The summed E-state index contributed by atoms with van der Waals surface area (Å²) in [7, 11) is 0. The number of nitrogens with zero attached hydrogens (tertiary/aromatic N) is 3. The van der Waals surface area contributed by atoms with Crippen LogP contribution < -0.4 is 5.56 Å². The quantitative estimate of drug-likeness (QED) is 0.0412. The van der Waals surface area contributed by atoms with E-state index in [0.717, 1.165) is 43.4 Å². The summed E-state index contributed by atoms with van der Waals surface area (Å²) in [6, 6.07) is -0.0744. The first-order chi connectivity index (χ1) is 20.9. The largest absolute Gasteiger partial charge is 0.392 e. The van der Waals surface area contributed by atoms with Crippen LogP contribution in [0.25, 0.3) is 11.2 Å². The Balaban J connectivity index is 1.15. The second-order valence-electron chi connectivity index (χ2n) is 12.6. The second-order valence-corrected chi connectivity index (χ2v) is 12.6. The fourth-order valence-electron chi connectivity index (χ4n) is 6.36. The molecular weight excluding hydrogens is 540 g/mol. The van der Waals surface area contributed by atoms with E-state index >= 15 is 0 Å². The number of imidazole rings is 1. The zero-order chi connectivity index (χ0) is 30.9. The molecule has 3 rings (SSSR count). The molecular formula is C35H58N4O4. The van der Waals surface area contributed by atoms with Crippen molar-refractivity contribution in [1.29, 1.82) is 0 Å². The summed E-state index contributed by atoms with van der Waals surface area (Å²) < 4.78 is 1.92. The smallest absolute Gasteiger partial charge is 0.279 e. The number of hydrogen-bond acceptors (Lipinski definition) is 6. The molecule has 0 radical (unpaired) electrons. The number of hydrogen-bond donors (Lipinski definition) is 2. The van der Waals surface area contributed by atoms with Crippen molar-refractivity contribution in [3.8, 4) is 0 Å². The first kappa shape index (κ1) is 35.0. The Hall–Kier alpha value is -2.45. The van der Waals surface area contributed by atoms with Gasteiger partial charge >= 0.3 is 0 Å². The number of aliphatic hydroxyl groups is 1. The van der Waals surface area contributed by atoms with Crippen molar-refractivity contribution in [2.75, 3.05) is 6.61 Å². The van der Waals surface area contributed by atoms with Gasteiger partial charge < -0.3 is 19.5 Å². The average Bonchev–Trinajstić information content (AvgIpc) is 3.52. The number of nitrogens with one attached hydrogen (secondary N) is 1. The lowest BCUT2D eigenvalue weighted by Gasteiger charge is -2.17. The molecule has 1 aliphatic carbocycles. The van der Waals surface area contributed by atoms with Gasteiger partial charge in [-0.05, 0) is 38.2 Å². The van der Waals surface area contributed by atoms with Crippen LogP contribution in [0.3, 0.4) is 0 Å². The maximum Gasteiger partial charge on any atom is 0.279 e. The Bertz CT molecular complexity index is 1160. The van der Waals surface area contributed by atoms with E-state index in [1.807, 2.05) is 4.57 Å². The number of allylic oxidation sites excluding steroid dienone is 1. The highest BCUT2D eigenvalue weighted by Gasteiger charge is 2.37. The highest BCUT2D eigenvalue weighted by atomic mass is 17.2. The van der Waals surface area contributed by atoms with E-state index in [0.29, 0.717) is 30.0 Å². The Kier molecular flexibility index (Phi) is 16.1. The van der Waals surface area contributed by atoms with E-state index in [-0.39, 0.29) is 17.5 Å². The number of aliphatic hydroxyl groups excluding tert-OH is 1. The minimum Gasteiger partial charge on any atom is -0.392 e. The first-order valence-corrected chi connectivity index (χ1v) is 17.2. The summed E-state index contributed by atoms with van der Waals surface area (Å²) in [5.74, 6) is 1.39. The van der Waals surface area contributed by atoms with Gasteiger partial charge in [0.05, 0.1) is 25.1 Å². The molecule has 8 heteroatoms. The standard InChI is InChI=1S/C35H58N4O4/c1-5-6-7-8-9-15-18-21-24-42-43-27(2)22-19-16-13-11-10-12-14-17-20-23-30-28(3)31(25-32(30)40)39-26-36-33-34(39)37-29(4)38-35(33)41/h26,30-32,40H,2-3,5-25H2,1,4H3,(H,37,38,41)/t30-,31-,32-/m0/s1. The molecule has 242 valence electrons. The number of aryl methyl sites for hydroxylation is 1. The minimum atomic E-state index is -0.416. The van der Waals surface area contributed by atoms with Gasteiger partial charge in [0.1, 0.15) is 11.6 Å². The molecule has 2 heterocycles. The number of H-pyrrole nitrogens is 1. The fraction of sp³-hybridized carbons (Fsp3) is 0.743. The Labute approximate surface area is 259 Å². The highest BCUT2D eigenvalue weighted by Crippen LogP contribution is 2.42. The minimum absolute atomic E-state index is 0.0744. The van der Waals surface area contributed by atoms with Crippen molar-refractivity contribution in [2.45, 2.75) is 154 Å². The third kappa shape index (κ3) is 11.9. The number of unbranched alkanes of at least 4 members (excludes halogenated alkanes) is 15. The van der Waals surface area contributed by atoms with Crippen LogP contribution in [-0.2, 0) is 9.78 Å². The molecule has 2 aromatic rings. The fourth-order valence-corrected chi connectivity index (χ4v) is 6.36. The van der Waals surface area contributed by atoms with Crippen LogP contribution >= 0.6 is 0 Å². The van der Waals surface area contributed by atoms with Crippen molar-refractivity contribution in [2.24, 2.45) is 5.92 Å². The molecule has 0 aliphatic heterocycles. The third-order valence-corrected chi connectivity index (χ3v) is 8.95. The summed E-state index contributed by atoms with van der Waals surface area (Å²) in [4.78, 5) is 34.4. The molecule has 0 amide bonds. The van der Waals surface area contributed by atoms with Crippen LogP contribution in [-0.4, -0.2) is 37.3 Å². The predicted octanol–water partition coefficient (Wildman–Crippen LogP) is 8.80. The zero-order valence-electron chi connectivity index (χ0n) is 27.1. The van der Waals surface area contributed by atoms with Gasteiger partial charge in [-0.3, -0.25) is 4.79 Å². The Morgan fingerprint density at radius 2 is 1.58 bits per heavy atom. The lowest BCUT2D eigenvalue weighted by atomic mass is 9.94. The van der Waals surface area contributed by atoms with E-state index in [9.17, 15) is 9.90 Å². The lowest BCUT2D eigenvalue weighted by molar-refractivity contribution is -0.264. The van der Waals surface area contributed by atoms with E-state index in [1.54, 1.807) is 13.3 Å². The Morgan fingerprint density at radius 3 is 2.26 bits per heavy atom. The molecule has 8 nitrogen and oxygen atoms in total. The number of rotatable bonds is 24. The lowest BCUT2D eigenvalue weighted by Crippen LogP contribution is -2.13. The molecule has 2 aromatic heterocycles. The van der Waals surface area contributed by atoms with Crippen LogP contribution in [0.4, 0.5) is 0 Å². The zero-order valence-corrected chi connectivity index (χ0v) is 27.1.